The molecule has 0 saturated heterocycles. The Balaban J connectivity index is 0.000000228. The Morgan fingerprint density at radius 2 is 1.10 bits per heavy atom. The molecular weight excluding hydrogens is 714 g/mol. The van der Waals surface area contributed by atoms with Gasteiger partial charge in [0.25, 0.3) is 0 Å². The van der Waals surface area contributed by atoms with Crippen LogP contribution >= 0.6 is 46.4 Å². The minimum atomic E-state index is 0.506. The number of benzene rings is 3. The van der Waals surface area contributed by atoms with Crippen LogP contribution in [0.5, 0.6) is 11.8 Å². The van der Waals surface area contributed by atoms with Crippen molar-refractivity contribution in [1.29, 1.82) is 0 Å². The maximum Gasteiger partial charge on any atom is 0.233 e. The van der Waals surface area contributed by atoms with E-state index in [4.69, 9.17) is 55.9 Å². The van der Waals surface area contributed by atoms with E-state index in [9.17, 15) is 0 Å². The van der Waals surface area contributed by atoms with Crippen LogP contribution in [0.25, 0.3) is 11.4 Å². The van der Waals surface area contributed by atoms with Crippen molar-refractivity contribution in [2.45, 2.75) is 46.1 Å². The highest BCUT2D eigenvalue weighted by molar-refractivity contribution is 6.42. The Kier molecular flexibility index (Phi) is 16.8. The molecule has 0 radical (unpaired) electrons. The molecule has 268 valence electrons. The zero-order chi connectivity index (χ0) is 35.7. The molecule has 0 aliphatic heterocycles. The smallest absolute Gasteiger partial charge is 0.233 e. The Hall–Kier alpha value is -3.24. The van der Waals surface area contributed by atoms with E-state index in [1.54, 1.807) is 33.6 Å². The fourth-order valence-corrected chi connectivity index (χ4v) is 5.68. The first-order chi connectivity index (χ1) is 24.2. The molecule has 0 bridgehead atoms. The number of hydrogen-bond acceptors (Lipinski definition) is 6. The molecule has 0 atom stereocenters. The van der Waals surface area contributed by atoms with Crippen LogP contribution in [0, 0.1) is 0 Å². The number of halogens is 4. The number of unbranched alkanes of at least 4 members (excludes halogenated alkanes) is 2. The largest absolute Gasteiger partial charge is 0.477 e. The van der Waals surface area contributed by atoms with Gasteiger partial charge in [-0.25, -0.2) is 9.36 Å². The summed E-state index contributed by atoms with van der Waals surface area (Å²) >= 11 is 24.0. The van der Waals surface area contributed by atoms with E-state index in [2.05, 4.69) is 65.2 Å². The van der Waals surface area contributed by atoms with E-state index in [1.807, 2.05) is 42.7 Å². The molecule has 3 aromatic carbocycles. The second kappa shape index (κ2) is 21.2. The van der Waals surface area contributed by atoms with Crippen molar-refractivity contribution in [3.05, 3.63) is 117 Å². The predicted octanol–water partition coefficient (Wildman–Crippen LogP) is 10.1. The second-order valence-electron chi connectivity index (χ2n) is 11.8. The summed E-state index contributed by atoms with van der Waals surface area (Å²) in [6.07, 6.45) is 7.92. The van der Waals surface area contributed by atoms with Crippen LogP contribution in [0.1, 0.15) is 45.1 Å². The monoisotopic (exact) mass is 758 g/mol. The standard InChI is InChI=1S/C21H23Cl2N3O.C17H23Cl2N3O/c1-25(16-17-7-3-2-4-8-17)12-5-6-14-27-21-11-13-26(24-21)18-9-10-19(22)20(23)15-18;1-3-21(4-2)10-5-6-12-23-17-9-11-22(20-17)14-7-8-15(18)16(19)13-14/h2-4,7-11,13,15H,5-6,12,14,16H2,1H3;7-9,11,13H,3-6,10,12H2,1-2H3. The van der Waals surface area contributed by atoms with Crippen molar-refractivity contribution in [1.82, 2.24) is 29.4 Å². The van der Waals surface area contributed by atoms with E-state index in [0.29, 0.717) is 45.1 Å². The lowest BCUT2D eigenvalue weighted by Crippen LogP contribution is -2.24. The lowest BCUT2D eigenvalue weighted by atomic mass is 10.2. The van der Waals surface area contributed by atoms with Crippen molar-refractivity contribution in [3.8, 4) is 23.1 Å². The lowest BCUT2D eigenvalue weighted by Gasteiger charge is -2.17. The summed E-state index contributed by atoms with van der Waals surface area (Å²) in [5.41, 5.74) is 3.04. The first kappa shape index (κ1) is 39.5. The molecule has 0 fully saturated rings. The fraction of sp³-hybridized carbons (Fsp3) is 0.368. The van der Waals surface area contributed by atoms with E-state index < -0.39 is 0 Å². The molecule has 0 aliphatic carbocycles. The van der Waals surface area contributed by atoms with Crippen LogP contribution in [0.2, 0.25) is 20.1 Å². The van der Waals surface area contributed by atoms with Crippen molar-refractivity contribution in [3.63, 3.8) is 0 Å². The van der Waals surface area contributed by atoms with Gasteiger partial charge in [-0.3, -0.25) is 0 Å². The topological polar surface area (TPSA) is 60.6 Å². The fourth-order valence-electron chi connectivity index (χ4n) is 5.10. The third kappa shape index (κ3) is 13.1. The molecule has 0 saturated carbocycles. The van der Waals surface area contributed by atoms with Crippen LogP contribution in [0.4, 0.5) is 0 Å². The van der Waals surface area contributed by atoms with E-state index in [1.165, 1.54) is 5.56 Å². The van der Waals surface area contributed by atoms with E-state index in [0.717, 1.165) is 69.8 Å². The van der Waals surface area contributed by atoms with E-state index >= 15 is 0 Å². The number of rotatable bonds is 18. The Labute approximate surface area is 316 Å². The Bertz CT molecular complexity index is 1710. The Morgan fingerprint density at radius 1 is 0.600 bits per heavy atom. The highest BCUT2D eigenvalue weighted by Crippen LogP contribution is 2.26. The van der Waals surface area contributed by atoms with Gasteiger partial charge in [0.2, 0.25) is 11.8 Å². The van der Waals surface area contributed by atoms with Crippen LogP contribution < -0.4 is 9.47 Å². The zero-order valence-corrected chi connectivity index (χ0v) is 32.0. The number of ether oxygens (including phenoxy) is 2. The average molecular weight is 761 g/mol. The first-order valence-electron chi connectivity index (χ1n) is 17.0. The molecule has 5 aromatic rings. The third-order valence-electron chi connectivity index (χ3n) is 7.96. The first-order valence-corrected chi connectivity index (χ1v) is 18.5. The van der Waals surface area contributed by atoms with Crippen LogP contribution in [-0.2, 0) is 6.54 Å². The van der Waals surface area contributed by atoms with Crippen molar-refractivity contribution >= 4 is 46.4 Å². The molecule has 0 unspecified atom stereocenters. The molecule has 2 heterocycles. The molecule has 8 nitrogen and oxygen atoms in total. The summed E-state index contributed by atoms with van der Waals surface area (Å²) < 4.78 is 14.9. The van der Waals surface area contributed by atoms with Gasteiger partial charge < -0.3 is 19.3 Å². The van der Waals surface area contributed by atoms with Crippen molar-refractivity contribution in [2.24, 2.45) is 0 Å². The van der Waals surface area contributed by atoms with Gasteiger partial charge in [0, 0.05) is 31.1 Å². The molecule has 50 heavy (non-hydrogen) atoms. The number of aromatic nitrogens is 4. The molecule has 0 aliphatic rings. The molecule has 2 aromatic heterocycles. The summed E-state index contributed by atoms with van der Waals surface area (Å²) in [4.78, 5) is 4.74. The van der Waals surface area contributed by atoms with Crippen molar-refractivity contribution in [2.75, 3.05) is 46.4 Å². The molecule has 0 N–H and O–H groups in total. The van der Waals surface area contributed by atoms with E-state index in [-0.39, 0.29) is 0 Å². The SMILES string of the molecule is CCN(CC)CCCCOc1ccn(-c2ccc(Cl)c(Cl)c2)n1.CN(CCCCOc1ccn(-c2ccc(Cl)c(Cl)c2)n1)Cc1ccccc1. The normalized spacial score (nSPS) is 11.1. The minimum Gasteiger partial charge on any atom is -0.477 e. The minimum absolute atomic E-state index is 0.506. The van der Waals surface area contributed by atoms with Gasteiger partial charge in [-0.15, -0.1) is 10.2 Å². The summed E-state index contributed by atoms with van der Waals surface area (Å²) in [6.45, 7) is 11.0. The average Bonchev–Trinajstić information content (AvgIpc) is 3.80. The maximum atomic E-state index is 6.06. The van der Waals surface area contributed by atoms with Gasteiger partial charge in [0.05, 0.1) is 44.7 Å². The van der Waals surface area contributed by atoms with Crippen LogP contribution in [0.3, 0.4) is 0 Å². The maximum absolute atomic E-state index is 6.06. The molecule has 12 heteroatoms. The second-order valence-corrected chi connectivity index (χ2v) is 13.4. The van der Waals surface area contributed by atoms with Crippen molar-refractivity contribution < 1.29 is 9.47 Å². The van der Waals surface area contributed by atoms with Crippen LogP contribution in [-0.4, -0.2) is 75.8 Å². The summed E-state index contributed by atoms with van der Waals surface area (Å²) in [6, 6.07) is 25.0. The summed E-state index contributed by atoms with van der Waals surface area (Å²) in [5.74, 6) is 1.23. The van der Waals surface area contributed by atoms with Gasteiger partial charge in [-0.1, -0.05) is 90.6 Å². The number of hydrogen-bond donors (Lipinski definition) is 0. The predicted molar refractivity (Wildman–Crippen MR) is 207 cm³/mol. The molecular formula is C38H46Cl4N6O2. The summed E-state index contributed by atoms with van der Waals surface area (Å²) in [5, 5.41) is 10.9. The molecule has 0 spiro atoms. The highest BCUT2D eigenvalue weighted by Gasteiger charge is 2.07. The Morgan fingerprint density at radius 3 is 1.58 bits per heavy atom. The zero-order valence-electron chi connectivity index (χ0n) is 29.0. The van der Waals surface area contributed by atoms with Crippen LogP contribution in [0.15, 0.2) is 91.3 Å². The van der Waals surface area contributed by atoms with Gasteiger partial charge in [-0.2, -0.15) is 0 Å². The molecule has 0 amide bonds. The number of nitrogens with zero attached hydrogens (tertiary/aromatic N) is 6. The summed E-state index contributed by atoms with van der Waals surface area (Å²) in [7, 11) is 2.15. The molecule has 5 rings (SSSR count). The van der Waals surface area contributed by atoms with Gasteiger partial charge in [0.15, 0.2) is 0 Å². The highest BCUT2D eigenvalue weighted by atomic mass is 35.5. The quantitative estimate of drug-likeness (QED) is 0.0830. The van der Waals surface area contributed by atoms with Gasteiger partial charge >= 0.3 is 0 Å². The van der Waals surface area contributed by atoms with Gasteiger partial charge in [0.1, 0.15) is 0 Å². The van der Waals surface area contributed by atoms with Gasteiger partial charge in [-0.05, 0) is 101 Å². The lowest BCUT2D eigenvalue weighted by molar-refractivity contribution is 0.260. The third-order valence-corrected chi connectivity index (χ3v) is 9.44.